The van der Waals surface area contributed by atoms with Gasteiger partial charge in [-0.2, -0.15) is 0 Å². The number of carbonyl (C=O) groups is 1. The lowest BCUT2D eigenvalue weighted by Gasteiger charge is -2.20. The van der Waals surface area contributed by atoms with Gasteiger partial charge in [0.15, 0.2) is 0 Å². The van der Waals surface area contributed by atoms with E-state index in [1.54, 1.807) is 37.1 Å². The van der Waals surface area contributed by atoms with E-state index >= 15 is 0 Å². The van der Waals surface area contributed by atoms with Crippen molar-refractivity contribution < 1.29 is 14.3 Å². The number of halogens is 1. The average molecular weight is 260 g/mol. The SMILES string of the molecule is Cc1ccc(C(=O)O)c(N(C)c2cccc(F)c2)n1. The van der Waals surface area contributed by atoms with E-state index in [0.29, 0.717) is 11.4 Å². The zero-order valence-electron chi connectivity index (χ0n) is 10.6. The molecule has 1 heterocycles. The lowest BCUT2D eigenvalue weighted by atomic mass is 10.2. The third-order valence-corrected chi connectivity index (χ3v) is 2.76. The highest BCUT2D eigenvalue weighted by atomic mass is 19.1. The fourth-order valence-corrected chi connectivity index (χ4v) is 1.77. The van der Waals surface area contributed by atoms with Gasteiger partial charge in [-0.25, -0.2) is 14.2 Å². The number of aromatic nitrogens is 1. The van der Waals surface area contributed by atoms with Crippen molar-refractivity contribution in [2.75, 3.05) is 11.9 Å². The minimum Gasteiger partial charge on any atom is -0.478 e. The number of aromatic carboxylic acids is 1. The summed E-state index contributed by atoms with van der Waals surface area (Å²) in [6, 6.07) is 9.05. The van der Waals surface area contributed by atoms with E-state index in [0.717, 1.165) is 0 Å². The Bertz CT molecular complexity index is 629. The minimum absolute atomic E-state index is 0.0809. The molecule has 0 aliphatic heterocycles. The molecular formula is C14H13FN2O2. The van der Waals surface area contributed by atoms with Crippen LogP contribution in [0.2, 0.25) is 0 Å². The molecule has 0 spiro atoms. The van der Waals surface area contributed by atoms with Gasteiger partial charge >= 0.3 is 5.97 Å². The summed E-state index contributed by atoms with van der Waals surface area (Å²) in [7, 11) is 1.66. The summed E-state index contributed by atoms with van der Waals surface area (Å²) in [5.74, 6) is -1.15. The minimum atomic E-state index is -1.06. The summed E-state index contributed by atoms with van der Waals surface area (Å²) in [4.78, 5) is 17.0. The second kappa shape index (κ2) is 5.06. The summed E-state index contributed by atoms with van der Waals surface area (Å²) < 4.78 is 13.2. The van der Waals surface area contributed by atoms with E-state index in [4.69, 9.17) is 5.11 Å². The van der Waals surface area contributed by atoms with Crippen LogP contribution in [0.4, 0.5) is 15.9 Å². The number of carboxylic acid groups (broad SMARTS) is 1. The fraction of sp³-hybridized carbons (Fsp3) is 0.143. The van der Waals surface area contributed by atoms with Crippen molar-refractivity contribution >= 4 is 17.5 Å². The summed E-state index contributed by atoms with van der Waals surface area (Å²) in [6.45, 7) is 1.77. The highest BCUT2D eigenvalue weighted by Crippen LogP contribution is 2.26. The number of hydrogen-bond donors (Lipinski definition) is 1. The molecule has 5 heteroatoms. The van der Waals surface area contributed by atoms with Crippen molar-refractivity contribution in [2.45, 2.75) is 6.92 Å². The van der Waals surface area contributed by atoms with Crippen molar-refractivity contribution in [1.82, 2.24) is 4.98 Å². The maximum atomic E-state index is 13.2. The molecule has 0 amide bonds. The number of hydrogen-bond acceptors (Lipinski definition) is 3. The first-order valence-electron chi connectivity index (χ1n) is 5.69. The Morgan fingerprint density at radius 2 is 2.05 bits per heavy atom. The smallest absolute Gasteiger partial charge is 0.339 e. The van der Waals surface area contributed by atoms with E-state index in [-0.39, 0.29) is 17.2 Å². The van der Waals surface area contributed by atoms with Crippen LogP contribution in [0, 0.1) is 12.7 Å². The van der Waals surface area contributed by atoms with Gasteiger partial charge < -0.3 is 10.0 Å². The summed E-state index contributed by atoms with van der Waals surface area (Å²) in [5, 5.41) is 9.17. The Morgan fingerprint density at radius 3 is 2.68 bits per heavy atom. The van der Waals surface area contributed by atoms with Crippen LogP contribution in [-0.2, 0) is 0 Å². The predicted octanol–water partition coefficient (Wildman–Crippen LogP) is 3.00. The lowest BCUT2D eigenvalue weighted by molar-refractivity contribution is 0.0697. The van der Waals surface area contributed by atoms with Crippen LogP contribution in [0.15, 0.2) is 36.4 Å². The number of anilines is 2. The van der Waals surface area contributed by atoms with Crippen LogP contribution in [0.3, 0.4) is 0 Å². The molecule has 19 heavy (non-hydrogen) atoms. The molecule has 0 unspecified atom stereocenters. The molecule has 4 nitrogen and oxygen atoms in total. The number of pyridine rings is 1. The highest BCUT2D eigenvalue weighted by molar-refractivity contribution is 5.94. The Kier molecular flexibility index (Phi) is 3.46. The lowest BCUT2D eigenvalue weighted by Crippen LogP contribution is -2.16. The summed E-state index contributed by atoms with van der Waals surface area (Å²) >= 11 is 0. The summed E-state index contributed by atoms with van der Waals surface area (Å²) in [5.41, 5.74) is 1.32. The van der Waals surface area contributed by atoms with E-state index < -0.39 is 5.97 Å². The van der Waals surface area contributed by atoms with E-state index in [2.05, 4.69) is 4.98 Å². The van der Waals surface area contributed by atoms with Crippen LogP contribution in [0.25, 0.3) is 0 Å². The monoisotopic (exact) mass is 260 g/mol. The molecule has 1 N–H and O–H groups in total. The zero-order chi connectivity index (χ0) is 14.0. The number of carboxylic acids is 1. The van der Waals surface area contributed by atoms with Crippen molar-refractivity contribution in [3.8, 4) is 0 Å². The third kappa shape index (κ3) is 2.70. The number of aryl methyl sites for hydroxylation is 1. The molecule has 0 saturated heterocycles. The number of benzene rings is 1. The molecule has 0 aliphatic rings. The van der Waals surface area contributed by atoms with Crippen LogP contribution in [0.1, 0.15) is 16.1 Å². The van der Waals surface area contributed by atoms with E-state index in [1.165, 1.54) is 18.2 Å². The van der Waals surface area contributed by atoms with E-state index in [1.807, 2.05) is 0 Å². The van der Waals surface area contributed by atoms with Gasteiger partial charge in [0.1, 0.15) is 17.2 Å². The molecule has 1 aromatic heterocycles. The first kappa shape index (κ1) is 13.0. The van der Waals surface area contributed by atoms with Gasteiger partial charge in [0.2, 0.25) is 0 Å². The largest absolute Gasteiger partial charge is 0.478 e. The van der Waals surface area contributed by atoms with Gasteiger partial charge in [-0.15, -0.1) is 0 Å². The zero-order valence-corrected chi connectivity index (χ0v) is 10.6. The predicted molar refractivity (Wildman–Crippen MR) is 70.4 cm³/mol. The summed E-state index contributed by atoms with van der Waals surface area (Å²) in [6.07, 6.45) is 0. The second-order valence-electron chi connectivity index (χ2n) is 4.17. The van der Waals surface area contributed by atoms with Crippen molar-refractivity contribution in [1.29, 1.82) is 0 Å². The van der Waals surface area contributed by atoms with Gasteiger partial charge in [0.05, 0.1) is 0 Å². The van der Waals surface area contributed by atoms with Crippen LogP contribution >= 0.6 is 0 Å². The average Bonchev–Trinajstić information content (AvgIpc) is 2.37. The molecule has 0 radical (unpaired) electrons. The topological polar surface area (TPSA) is 53.4 Å². The molecule has 0 aliphatic carbocycles. The van der Waals surface area contributed by atoms with Crippen molar-refractivity contribution in [3.63, 3.8) is 0 Å². The Hall–Kier alpha value is -2.43. The molecular weight excluding hydrogens is 247 g/mol. The second-order valence-corrected chi connectivity index (χ2v) is 4.17. The highest BCUT2D eigenvalue weighted by Gasteiger charge is 2.16. The van der Waals surface area contributed by atoms with Gasteiger partial charge in [0, 0.05) is 18.4 Å². The molecule has 2 aromatic rings. The Morgan fingerprint density at radius 1 is 1.32 bits per heavy atom. The van der Waals surface area contributed by atoms with Crippen LogP contribution in [-0.4, -0.2) is 23.1 Å². The molecule has 0 atom stereocenters. The van der Waals surface area contributed by atoms with Gasteiger partial charge in [-0.05, 0) is 37.3 Å². The first-order valence-corrected chi connectivity index (χ1v) is 5.69. The number of nitrogens with zero attached hydrogens (tertiary/aromatic N) is 2. The first-order chi connectivity index (χ1) is 8.99. The van der Waals surface area contributed by atoms with Crippen molar-refractivity contribution in [2.24, 2.45) is 0 Å². The van der Waals surface area contributed by atoms with Crippen LogP contribution in [0.5, 0.6) is 0 Å². The molecule has 0 saturated carbocycles. The molecule has 1 aromatic carbocycles. The Balaban J connectivity index is 2.51. The standard InChI is InChI=1S/C14H13FN2O2/c1-9-6-7-12(14(18)19)13(16-9)17(2)11-5-3-4-10(15)8-11/h3-8H,1-2H3,(H,18,19). The van der Waals surface area contributed by atoms with E-state index in [9.17, 15) is 9.18 Å². The quantitative estimate of drug-likeness (QED) is 0.921. The molecule has 2 rings (SSSR count). The molecule has 98 valence electrons. The van der Waals surface area contributed by atoms with Gasteiger partial charge in [0.25, 0.3) is 0 Å². The molecule has 0 fully saturated rings. The number of rotatable bonds is 3. The Labute approximate surface area is 110 Å². The molecule has 0 bridgehead atoms. The maximum Gasteiger partial charge on any atom is 0.339 e. The van der Waals surface area contributed by atoms with Crippen molar-refractivity contribution in [3.05, 3.63) is 53.5 Å². The van der Waals surface area contributed by atoms with Gasteiger partial charge in [-0.1, -0.05) is 6.07 Å². The maximum absolute atomic E-state index is 13.2. The fourth-order valence-electron chi connectivity index (χ4n) is 1.77. The normalized spacial score (nSPS) is 10.3. The third-order valence-electron chi connectivity index (χ3n) is 2.76. The van der Waals surface area contributed by atoms with Gasteiger partial charge in [-0.3, -0.25) is 0 Å². The van der Waals surface area contributed by atoms with Crippen LogP contribution < -0.4 is 4.90 Å².